The minimum Gasteiger partial charge on any atom is -0.394 e. The molecule has 1 aliphatic rings. The largest absolute Gasteiger partial charge is 0.397 e. The number of carbonyl (C=O) groups is 1. The second-order valence-corrected chi connectivity index (χ2v) is 19.0. The minimum atomic E-state index is -5.12. The molecular formula is C48H93NO12S. The second-order valence-electron chi connectivity index (χ2n) is 17.9. The van der Waals surface area contributed by atoms with E-state index in [2.05, 4.69) is 23.3 Å². The van der Waals surface area contributed by atoms with E-state index in [1.54, 1.807) is 6.08 Å². The summed E-state index contributed by atoms with van der Waals surface area (Å²) in [7, 11) is -5.12. The topological polar surface area (TPSA) is 212 Å². The number of unbranched alkanes of at least 4 members (excludes halogenated alkanes) is 30. The van der Waals surface area contributed by atoms with Gasteiger partial charge in [-0.2, -0.15) is 8.42 Å². The lowest BCUT2D eigenvalue weighted by Crippen LogP contribution is -2.61. The molecule has 0 bridgehead atoms. The van der Waals surface area contributed by atoms with Crippen LogP contribution >= 0.6 is 0 Å². The van der Waals surface area contributed by atoms with Crippen LogP contribution < -0.4 is 5.32 Å². The number of hydrogen-bond acceptors (Lipinski definition) is 11. The molecule has 1 amide bonds. The van der Waals surface area contributed by atoms with Gasteiger partial charge >= 0.3 is 10.4 Å². The highest BCUT2D eigenvalue weighted by Gasteiger charge is 2.48. The monoisotopic (exact) mass is 908 g/mol. The van der Waals surface area contributed by atoms with Crippen LogP contribution in [-0.4, -0.2) is 107 Å². The first-order chi connectivity index (χ1) is 29.9. The van der Waals surface area contributed by atoms with Crippen molar-refractivity contribution < 1.29 is 57.0 Å². The first kappa shape index (κ1) is 58.8. The molecule has 0 spiro atoms. The lowest BCUT2D eigenvalue weighted by atomic mass is 9.99. The van der Waals surface area contributed by atoms with E-state index in [4.69, 9.17) is 9.47 Å². The summed E-state index contributed by atoms with van der Waals surface area (Å²) in [6.45, 7) is 3.23. The number of ether oxygens (including phenoxy) is 2. The van der Waals surface area contributed by atoms with Crippen LogP contribution in [0.1, 0.15) is 226 Å². The zero-order valence-corrected chi connectivity index (χ0v) is 39.9. The van der Waals surface area contributed by atoms with Gasteiger partial charge in [-0.05, 0) is 19.3 Å². The van der Waals surface area contributed by atoms with E-state index in [0.29, 0.717) is 12.8 Å². The maximum absolute atomic E-state index is 13.1. The Labute approximate surface area is 377 Å². The smallest absolute Gasteiger partial charge is 0.394 e. The molecule has 0 aromatic carbocycles. The number of aliphatic hydroxyl groups excluding tert-OH is 5. The Morgan fingerprint density at radius 1 is 0.645 bits per heavy atom. The van der Waals surface area contributed by atoms with Crippen molar-refractivity contribution in [1.82, 2.24) is 5.32 Å². The van der Waals surface area contributed by atoms with Gasteiger partial charge in [0.2, 0.25) is 5.91 Å². The number of hydrogen-bond donors (Lipinski definition) is 7. The van der Waals surface area contributed by atoms with Crippen molar-refractivity contribution in [3.8, 4) is 0 Å². The highest BCUT2D eigenvalue weighted by atomic mass is 32.3. The van der Waals surface area contributed by atoms with E-state index in [-0.39, 0.29) is 6.42 Å². The normalized spacial score (nSPS) is 21.1. The fourth-order valence-electron chi connectivity index (χ4n) is 8.17. The van der Waals surface area contributed by atoms with Crippen LogP contribution in [0, 0.1) is 0 Å². The second kappa shape index (κ2) is 39.0. The molecule has 1 saturated heterocycles. The van der Waals surface area contributed by atoms with E-state index >= 15 is 0 Å². The SMILES string of the molecule is CCCCCCCCCCCCC/C=C/C(O)C(CO[C@@H]1O[C@H](CO)[C@H](O)[C@H](OS(=O)(=O)O)[C@H]1O)NC(=O)C(O)CCCCCCCCCCCCCCCCCCCCCC. The van der Waals surface area contributed by atoms with E-state index < -0.39 is 78.5 Å². The Morgan fingerprint density at radius 3 is 1.45 bits per heavy atom. The van der Waals surface area contributed by atoms with Gasteiger partial charge in [-0.25, -0.2) is 4.18 Å². The summed E-state index contributed by atoms with van der Waals surface area (Å²) < 4.78 is 47.5. The van der Waals surface area contributed by atoms with Gasteiger partial charge in [0, 0.05) is 0 Å². The molecule has 1 heterocycles. The summed E-state index contributed by atoms with van der Waals surface area (Å²) in [4.78, 5) is 13.1. The predicted octanol–water partition coefficient (Wildman–Crippen LogP) is 9.31. The number of amides is 1. The summed E-state index contributed by atoms with van der Waals surface area (Å²) in [6, 6.07) is -1.11. The Hall–Kier alpha value is -1.20. The molecule has 1 aliphatic heterocycles. The van der Waals surface area contributed by atoms with Gasteiger partial charge in [-0.3, -0.25) is 9.35 Å². The van der Waals surface area contributed by atoms with E-state index in [0.717, 1.165) is 38.5 Å². The average Bonchev–Trinajstić information content (AvgIpc) is 3.24. The van der Waals surface area contributed by atoms with E-state index in [9.17, 15) is 43.3 Å². The van der Waals surface area contributed by atoms with Gasteiger partial charge < -0.3 is 40.3 Å². The molecule has 13 nitrogen and oxygen atoms in total. The maximum Gasteiger partial charge on any atom is 0.397 e. The van der Waals surface area contributed by atoms with Crippen molar-refractivity contribution >= 4 is 16.3 Å². The summed E-state index contributed by atoms with van der Waals surface area (Å²) in [5.41, 5.74) is 0. The van der Waals surface area contributed by atoms with Gasteiger partial charge in [0.25, 0.3) is 0 Å². The highest BCUT2D eigenvalue weighted by molar-refractivity contribution is 7.80. The number of allylic oxidation sites excluding steroid dienone is 1. The molecule has 3 unspecified atom stereocenters. The number of aliphatic hydroxyl groups is 5. The number of carbonyl (C=O) groups excluding carboxylic acids is 1. The Balaban J connectivity index is 2.49. The molecule has 368 valence electrons. The van der Waals surface area contributed by atoms with Crippen LogP contribution in [-0.2, 0) is 28.9 Å². The van der Waals surface area contributed by atoms with Crippen molar-refractivity contribution in [3.63, 3.8) is 0 Å². The number of nitrogens with one attached hydrogen (secondary N) is 1. The fraction of sp³-hybridized carbons (Fsp3) is 0.938. The molecule has 0 radical (unpaired) electrons. The van der Waals surface area contributed by atoms with Crippen LogP contribution in [0.4, 0.5) is 0 Å². The molecule has 0 aromatic rings. The molecule has 1 rings (SSSR count). The third kappa shape index (κ3) is 30.8. The van der Waals surface area contributed by atoms with Crippen molar-refractivity contribution in [2.24, 2.45) is 0 Å². The van der Waals surface area contributed by atoms with E-state index in [1.165, 1.54) is 154 Å². The maximum atomic E-state index is 13.1. The Kier molecular flexibility index (Phi) is 37.0. The molecule has 14 heteroatoms. The van der Waals surface area contributed by atoms with Gasteiger partial charge in [0.1, 0.15) is 30.5 Å². The number of rotatable bonds is 43. The van der Waals surface area contributed by atoms with Crippen molar-refractivity contribution in [3.05, 3.63) is 12.2 Å². The Bertz CT molecular complexity index is 1180. The van der Waals surface area contributed by atoms with Crippen LogP contribution in [0.25, 0.3) is 0 Å². The van der Waals surface area contributed by atoms with Gasteiger partial charge in [-0.15, -0.1) is 0 Å². The van der Waals surface area contributed by atoms with Crippen LogP contribution in [0.2, 0.25) is 0 Å². The van der Waals surface area contributed by atoms with E-state index in [1.807, 2.05) is 6.08 Å². The molecule has 1 fully saturated rings. The quantitative estimate of drug-likeness (QED) is 0.0173. The molecule has 8 atom stereocenters. The summed E-state index contributed by atoms with van der Waals surface area (Å²) in [5, 5.41) is 55.3. The third-order valence-electron chi connectivity index (χ3n) is 12.2. The predicted molar refractivity (Wildman–Crippen MR) is 247 cm³/mol. The summed E-state index contributed by atoms with van der Waals surface area (Å²) in [5.74, 6) is -0.699. The molecule has 0 aromatic heterocycles. The first-order valence-corrected chi connectivity index (χ1v) is 26.5. The van der Waals surface area contributed by atoms with Crippen molar-refractivity contribution in [1.29, 1.82) is 0 Å². The average molecular weight is 908 g/mol. The minimum absolute atomic E-state index is 0.248. The zero-order chi connectivity index (χ0) is 45.7. The van der Waals surface area contributed by atoms with Gasteiger partial charge in [0.15, 0.2) is 6.29 Å². The van der Waals surface area contributed by atoms with Crippen molar-refractivity contribution in [2.75, 3.05) is 13.2 Å². The van der Waals surface area contributed by atoms with Crippen molar-refractivity contribution in [2.45, 2.75) is 275 Å². The Morgan fingerprint density at radius 2 is 1.05 bits per heavy atom. The third-order valence-corrected chi connectivity index (χ3v) is 12.6. The summed E-state index contributed by atoms with van der Waals surface area (Å²) in [6.07, 6.45) is 31.5. The lowest BCUT2D eigenvalue weighted by Gasteiger charge is -2.41. The molecule has 0 aliphatic carbocycles. The standard InChI is InChI=1S/C48H93NO12S/c1-3-5-7-9-11-13-15-17-18-19-20-21-22-23-25-27-29-31-33-35-37-42(52)47(55)49-40(41(51)36-34-32-30-28-26-24-16-14-12-10-8-6-4-2)39-59-48-45(54)46(61-62(56,57)58)44(53)43(38-50)60-48/h34,36,40-46,48,50-54H,3-33,35,37-39H2,1-2H3,(H,49,55)(H,56,57,58)/b36-34+/t40?,41?,42?,43-,44+,45-,46+,48-/m1/s1. The van der Waals surface area contributed by atoms with Crippen LogP contribution in [0.3, 0.4) is 0 Å². The van der Waals surface area contributed by atoms with Gasteiger partial charge in [0.05, 0.1) is 25.4 Å². The highest BCUT2D eigenvalue weighted by Crippen LogP contribution is 2.26. The van der Waals surface area contributed by atoms with Crippen LogP contribution in [0.15, 0.2) is 12.2 Å². The molecular weight excluding hydrogens is 815 g/mol. The molecule has 62 heavy (non-hydrogen) atoms. The molecule has 7 N–H and O–H groups in total. The first-order valence-electron chi connectivity index (χ1n) is 25.2. The lowest BCUT2D eigenvalue weighted by molar-refractivity contribution is -0.298. The fourth-order valence-corrected chi connectivity index (χ4v) is 8.68. The van der Waals surface area contributed by atoms with Gasteiger partial charge in [-0.1, -0.05) is 219 Å². The van der Waals surface area contributed by atoms with Crippen LogP contribution in [0.5, 0.6) is 0 Å². The molecule has 0 saturated carbocycles. The zero-order valence-electron chi connectivity index (χ0n) is 39.1. The summed E-state index contributed by atoms with van der Waals surface area (Å²) >= 11 is 0.